The van der Waals surface area contributed by atoms with Gasteiger partial charge in [-0.3, -0.25) is 4.79 Å². The van der Waals surface area contributed by atoms with E-state index in [9.17, 15) is 10.1 Å². The number of rotatable bonds is 6. The molecule has 0 saturated heterocycles. The number of benzene rings is 2. The second-order valence-electron chi connectivity index (χ2n) is 5.05. The van der Waals surface area contributed by atoms with Gasteiger partial charge >= 0.3 is 0 Å². The number of halogens is 2. The molecule has 0 N–H and O–H groups in total. The molecule has 0 aliphatic rings. The highest BCUT2D eigenvalue weighted by molar-refractivity contribution is 6.41. The second kappa shape index (κ2) is 8.61. The lowest BCUT2D eigenvalue weighted by atomic mass is 10.0. The van der Waals surface area contributed by atoms with Gasteiger partial charge in [0.05, 0.1) is 36.9 Å². The maximum absolute atomic E-state index is 12.7. The molecule has 0 bridgehead atoms. The quantitative estimate of drug-likeness (QED) is 0.401. The minimum absolute atomic E-state index is 0.0797. The third-order valence-electron chi connectivity index (χ3n) is 3.55. The molecule has 0 aliphatic carbocycles. The molecular formula is C19H15Cl2NO4. The van der Waals surface area contributed by atoms with Gasteiger partial charge in [0.15, 0.2) is 11.5 Å². The number of ketones is 1. The van der Waals surface area contributed by atoms with E-state index in [0.29, 0.717) is 22.8 Å². The van der Waals surface area contributed by atoms with Gasteiger partial charge in [-0.1, -0.05) is 29.3 Å². The zero-order valence-electron chi connectivity index (χ0n) is 14.3. The zero-order chi connectivity index (χ0) is 19.3. The fraction of sp³-hybridized carbons (Fsp3) is 0.158. The van der Waals surface area contributed by atoms with Gasteiger partial charge in [-0.2, -0.15) is 5.26 Å². The van der Waals surface area contributed by atoms with Crippen LogP contribution < -0.4 is 14.2 Å². The van der Waals surface area contributed by atoms with E-state index in [1.54, 1.807) is 18.2 Å². The maximum Gasteiger partial charge on any atom is 0.206 e. The molecule has 7 heteroatoms. The largest absolute Gasteiger partial charge is 0.493 e. The van der Waals surface area contributed by atoms with Crippen LogP contribution in [0.2, 0.25) is 10.0 Å². The smallest absolute Gasteiger partial charge is 0.206 e. The molecule has 2 aromatic carbocycles. The lowest BCUT2D eigenvalue weighted by molar-refractivity contribution is 0.104. The van der Waals surface area contributed by atoms with Crippen LogP contribution in [0.3, 0.4) is 0 Å². The molecule has 0 fully saturated rings. The number of ether oxygens (including phenoxy) is 3. The molecule has 0 atom stereocenters. The summed E-state index contributed by atoms with van der Waals surface area (Å²) in [6.45, 7) is 0. The van der Waals surface area contributed by atoms with Gasteiger partial charge in [0.25, 0.3) is 0 Å². The molecule has 2 aromatic rings. The van der Waals surface area contributed by atoms with Gasteiger partial charge < -0.3 is 14.2 Å². The van der Waals surface area contributed by atoms with Crippen molar-refractivity contribution in [1.82, 2.24) is 0 Å². The Bertz CT molecular complexity index is 871. The van der Waals surface area contributed by atoms with Crippen LogP contribution in [0, 0.1) is 11.3 Å². The molecule has 0 unspecified atom stereocenters. The predicted molar refractivity (Wildman–Crippen MR) is 100 cm³/mol. The van der Waals surface area contributed by atoms with Crippen LogP contribution in [0.15, 0.2) is 35.9 Å². The minimum atomic E-state index is -0.572. The zero-order valence-corrected chi connectivity index (χ0v) is 15.8. The first-order chi connectivity index (χ1) is 12.5. The van der Waals surface area contributed by atoms with Crippen LogP contribution >= 0.6 is 23.2 Å². The Labute approximate surface area is 161 Å². The normalized spacial score (nSPS) is 10.8. The first kappa shape index (κ1) is 19.6. The fourth-order valence-corrected chi connectivity index (χ4v) is 2.92. The SMILES string of the molecule is COc1cc(/C=C(\C#N)C(=O)c2c(Cl)cccc2Cl)cc(OC)c1OC. The highest BCUT2D eigenvalue weighted by Crippen LogP contribution is 2.39. The van der Waals surface area contributed by atoms with Crippen LogP contribution in [-0.4, -0.2) is 27.1 Å². The lowest BCUT2D eigenvalue weighted by Crippen LogP contribution is -2.04. The molecule has 0 heterocycles. The van der Waals surface area contributed by atoms with Crippen molar-refractivity contribution in [2.75, 3.05) is 21.3 Å². The molecule has 0 saturated carbocycles. The third-order valence-corrected chi connectivity index (χ3v) is 4.18. The molecule has 0 spiro atoms. The van der Waals surface area contributed by atoms with Crippen molar-refractivity contribution in [3.05, 3.63) is 57.1 Å². The summed E-state index contributed by atoms with van der Waals surface area (Å²) in [5.74, 6) is 0.639. The number of nitrogens with zero attached hydrogens (tertiary/aromatic N) is 1. The predicted octanol–water partition coefficient (Wildman–Crippen LogP) is 4.81. The van der Waals surface area contributed by atoms with E-state index < -0.39 is 5.78 Å². The second-order valence-corrected chi connectivity index (χ2v) is 5.87. The first-order valence-electron chi connectivity index (χ1n) is 7.37. The summed E-state index contributed by atoms with van der Waals surface area (Å²) < 4.78 is 15.8. The van der Waals surface area contributed by atoms with E-state index in [1.165, 1.54) is 39.5 Å². The Balaban J connectivity index is 2.56. The Morgan fingerprint density at radius 2 is 1.58 bits per heavy atom. The lowest BCUT2D eigenvalue weighted by Gasteiger charge is -2.13. The molecule has 0 amide bonds. The molecule has 134 valence electrons. The summed E-state index contributed by atoms with van der Waals surface area (Å²) in [4.78, 5) is 12.7. The van der Waals surface area contributed by atoms with Gasteiger partial charge in [0.1, 0.15) is 11.6 Å². The van der Waals surface area contributed by atoms with Crippen molar-refractivity contribution in [3.63, 3.8) is 0 Å². The molecule has 0 radical (unpaired) electrons. The number of hydrogen-bond donors (Lipinski definition) is 0. The topological polar surface area (TPSA) is 68.5 Å². The highest BCUT2D eigenvalue weighted by Gasteiger charge is 2.20. The van der Waals surface area contributed by atoms with Crippen molar-refractivity contribution in [3.8, 4) is 23.3 Å². The van der Waals surface area contributed by atoms with Gasteiger partial charge in [-0.25, -0.2) is 0 Å². The highest BCUT2D eigenvalue weighted by atomic mass is 35.5. The van der Waals surface area contributed by atoms with E-state index in [0.717, 1.165) is 0 Å². The average Bonchev–Trinajstić information content (AvgIpc) is 2.64. The van der Waals surface area contributed by atoms with E-state index in [2.05, 4.69) is 0 Å². The van der Waals surface area contributed by atoms with Crippen molar-refractivity contribution >= 4 is 35.1 Å². The van der Waals surface area contributed by atoms with Crippen molar-refractivity contribution in [2.24, 2.45) is 0 Å². The molecule has 2 rings (SSSR count). The number of methoxy groups -OCH3 is 3. The summed E-state index contributed by atoms with van der Waals surface area (Å²) in [5.41, 5.74) is 0.470. The van der Waals surface area contributed by atoms with Crippen LogP contribution in [0.25, 0.3) is 6.08 Å². The summed E-state index contributed by atoms with van der Waals surface area (Å²) in [6, 6.07) is 9.83. The van der Waals surface area contributed by atoms with E-state index in [4.69, 9.17) is 37.4 Å². The number of allylic oxidation sites excluding steroid dienone is 1. The van der Waals surface area contributed by atoms with Crippen LogP contribution in [-0.2, 0) is 0 Å². The number of hydrogen-bond acceptors (Lipinski definition) is 5. The van der Waals surface area contributed by atoms with Gasteiger partial charge in [0.2, 0.25) is 11.5 Å². The third kappa shape index (κ3) is 3.93. The van der Waals surface area contributed by atoms with Crippen LogP contribution in [0.4, 0.5) is 0 Å². The van der Waals surface area contributed by atoms with Gasteiger partial charge in [-0.05, 0) is 35.9 Å². The van der Waals surface area contributed by atoms with Crippen LogP contribution in [0.5, 0.6) is 17.2 Å². The summed E-state index contributed by atoms with van der Waals surface area (Å²) in [7, 11) is 4.44. The van der Waals surface area contributed by atoms with Crippen molar-refractivity contribution < 1.29 is 19.0 Å². The minimum Gasteiger partial charge on any atom is -0.493 e. The summed E-state index contributed by atoms with van der Waals surface area (Å²) >= 11 is 12.1. The molecule has 5 nitrogen and oxygen atoms in total. The standard InChI is InChI=1S/C19H15Cl2NO4/c1-24-15-8-11(9-16(25-2)19(15)26-3)7-12(10-22)18(23)17-13(20)5-4-6-14(17)21/h4-9H,1-3H3/b12-7+. The van der Waals surface area contributed by atoms with Crippen molar-refractivity contribution in [2.45, 2.75) is 0 Å². The van der Waals surface area contributed by atoms with E-state index in [-0.39, 0.29) is 21.2 Å². The average molecular weight is 392 g/mol. The first-order valence-corrected chi connectivity index (χ1v) is 8.12. The number of carbonyl (C=O) groups is 1. The molecule has 26 heavy (non-hydrogen) atoms. The van der Waals surface area contributed by atoms with Crippen LogP contribution in [0.1, 0.15) is 15.9 Å². The Morgan fingerprint density at radius 1 is 1.04 bits per heavy atom. The number of carbonyl (C=O) groups excluding carboxylic acids is 1. The molecule has 0 aliphatic heterocycles. The summed E-state index contributed by atoms with van der Waals surface area (Å²) in [6.07, 6.45) is 1.41. The number of nitriles is 1. The Kier molecular flexibility index (Phi) is 6.51. The molecule has 0 aromatic heterocycles. The number of Topliss-reactive ketones (excluding diaryl/α,β-unsaturated/α-hetero) is 1. The van der Waals surface area contributed by atoms with Crippen molar-refractivity contribution in [1.29, 1.82) is 5.26 Å². The monoisotopic (exact) mass is 391 g/mol. The Morgan fingerprint density at radius 3 is 2.00 bits per heavy atom. The van der Waals surface area contributed by atoms with E-state index in [1.807, 2.05) is 6.07 Å². The molecular weight excluding hydrogens is 377 g/mol. The Hall–Kier alpha value is -2.68. The van der Waals surface area contributed by atoms with Gasteiger partial charge in [0, 0.05) is 0 Å². The van der Waals surface area contributed by atoms with E-state index >= 15 is 0 Å². The fourth-order valence-electron chi connectivity index (χ4n) is 2.35. The maximum atomic E-state index is 12.7. The summed E-state index contributed by atoms with van der Waals surface area (Å²) in [5, 5.41) is 9.79. The van der Waals surface area contributed by atoms with Gasteiger partial charge in [-0.15, -0.1) is 0 Å².